The standard InChI is InChI=1S/C29H35F3N8/c1-18-13-19(2)17-39(16-18)28-36-35-26-15-33-24-7-6-23(34-27(24)40(26)28)20-5-8-25(22(14-20)29(30,31)32)38-11-9-21(10-12-38)37(3)4/h5-8,14-15,18-19,21H,9-13,16-17H2,1-4H3/t18-,19+. The summed E-state index contributed by atoms with van der Waals surface area (Å²) >= 11 is 0. The number of alkyl halides is 3. The molecule has 2 fully saturated rings. The van der Waals surface area contributed by atoms with Crippen LogP contribution in [0.1, 0.15) is 38.7 Å². The van der Waals surface area contributed by atoms with Crippen molar-refractivity contribution in [1.82, 2.24) is 29.5 Å². The number of hydrogen-bond donors (Lipinski definition) is 0. The number of piperidine rings is 2. The van der Waals surface area contributed by atoms with Crippen LogP contribution >= 0.6 is 0 Å². The number of aromatic nitrogens is 5. The highest BCUT2D eigenvalue weighted by Crippen LogP contribution is 2.40. The van der Waals surface area contributed by atoms with Crippen LogP contribution in [0.2, 0.25) is 0 Å². The van der Waals surface area contributed by atoms with Gasteiger partial charge in [0.15, 0.2) is 11.3 Å². The number of benzene rings is 1. The number of pyridine rings is 1. The van der Waals surface area contributed by atoms with Gasteiger partial charge in [0.1, 0.15) is 5.52 Å². The van der Waals surface area contributed by atoms with Crippen molar-refractivity contribution in [2.24, 2.45) is 11.8 Å². The van der Waals surface area contributed by atoms with Gasteiger partial charge in [-0.05, 0) is 69.5 Å². The lowest BCUT2D eigenvalue weighted by atomic mass is 9.92. The van der Waals surface area contributed by atoms with E-state index in [0.29, 0.717) is 65.0 Å². The highest BCUT2D eigenvalue weighted by molar-refractivity contribution is 5.79. The molecule has 5 heterocycles. The van der Waals surface area contributed by atoms with E-state index in [2.05, 4.69) is 38.8 Å². The Hall–Kier alpha value is -3.47. The Labute approximate surface area is 231 Å². The zero-order chi connectivity index (χ0) is 28.2. The Kier molecular flexibility index (Phi) is 6.80. The van der Waals surface area contributed by atoms with Crippen LogP contribution in [0.25, 0.3) is 28.1 Å². The second-order valence-electron chi connectivity index (χ2n) is 11.8. The summed E-state index contributed by atoms with van der Waals surface area (Å²) in [6.07, 6.45) is -0.0110. The predicted molar refractivity (Wildman–Crippen MR) is 151 cm³/mol. The Morgan fingerprint density at radius 1 is 0.925 bits per heavy atom. The van der Waals surface area contributed by atoms with E-state index in [1.165, 1.54) is 6.07 Å². The molecule has 0 unspecified atom stereocenters. The van der Waals surface area contributed by atoms with Gasteiger partial charge in [-0.25, -0.2) is 14.4 Å². The molecule has 0 radical (unpaired) electrons. The summed E-state index contributed by atoms with van der Waals surface area (Å²) in [6.45, 7) is 7.36. The lowest BCUT2D eigenvalue weighted by Gasteiger charge is -2.37. The predicted octanol–water partition coefficient (Wildman–Crippen LogP) is 5.37. The Balaban J connectivity index is 1.40. The first kappa shape index (κ1) is 26.7. The number of anilines is 2. The summed E-state index contributed by atoms with van der Waals surface area (Å²) < 4.78 is 44.9. The smallest absolute Gasteiger partial charge is 0.371 e. The van der Waals surface area contributed by atoms with Gasteiger partial charge in [-0.15, -0.1) is 10.2 Å². The molecule has 6 rings (SSSR count). The minimum atomic E-state index is -4.49. The molecule has 1 aromatic carbocycles. The maximum Gasteiger partial charge on any atom is 0.418 e. The molecule has 3 aromatic heterocycles. The van der Waals surface area contributed by atoms with Crippen molar-refractivity contribution < 1.29 is 13.2 Å². The highest BCUT2D eigenvalue weighted by Gasteiger charge is 2.36. The average molecular weight is 553 g/mol. The normalized spacial score (nSPS) is 21.2. The van der Waals surface area contributed by atoms with E-state index >= 15 is 0 Å². The van der Waals surface area contributed by atoms with E-state index < -0.39 is 11.7 Å². The monoisotopic (exact) mass is 552 g/mol. The molecule has 11 heteroatoms. The van der Waals surface area contributed by atoms with E-state index in [1.807, 2.05) is 23.4 Å². The van der Waals surface area contributed by atoms with Crippen molar-refractivity contribution >= 4 is 28.4 Å². The quantitative estimate of drug-likeness (QED) is 0.337. The van der Waals surface area contributed by atoms with Crippen molar-refractivity contribution in [1.29, 1.82) is 0 Å². The van der Waals surface area contributed by atoms with Gasteiger partial charge in [0.25, 0.3) is 0 Å². The third-order valence-corrected chi connectivity index (χ3v) is 8.34. The fourth-order valence-corrected chi connectivity index (χ4v) is 6.42. The summed E-state index contributed by atoms with van der Waals surface area (Å²) in [5, 5.41) is 8.80. The lowest BCUT2D eigenvalue weighted by Crippen LogP contribution is -2.42. The molecule has 2 atom stereocenters. The zero-order valence-corrected chi connectivity index (χ0v) is 23.4. The van der Waals surface area contributed by atoms with Crippen LogP contribution in [0.5, 0.6) is 0 Å². The molecule has 0 bridgehead atoms. The largest absolute Gasteiger partial charge is 0.418 e. The van der Waals surface area contributed by atoms with E-state index in [-0.39, 0.29) is 5.69 Å². The molecular formula is C29H35F3N8. The maximum atomic E-state index is 14.4. The van der Waals surface area contributed by atoms with Crippen LogP contribution in [0.3, 0.4) is 0 Å². The highest BCUT2D eigenvalue weighted by atomic mass is 19.4. The van der Waals surface area contributed by atoms with Gasteiger partial charge in [-0.2, -0.15) is 13.2 Å². The molecular weight excluding hydrogens is 517 g/mol. The summed E-state index contributed by atoms with van der Waals surface area (Å²) in [6, 6.07) is 8.49. The van der Waals surface area contributed by atoms with Crippen LogP contribution in [0, 0.1) is 11.8 Å². The number of fused-ring (bicyclic) bond motifs is 3. The van der Waals surface area contributed by atoms with Gasteiger partial charge in [0.2, 0.25) is 5.95 Å². The summed E-state index contributed by atoms with van der Waals surface area (Å²) in [5.41, 5.74) is 2.18. The molecule has 2 aliphatic rings. The molecule has 0 amide bonds. The average Bonchev–Trinajstić information content (AvgIpc) is 3.36. The van der Waals surface area contributed by atoms with Gasteiger partial charge in [0.05, 0.1) is 17.5 Å². The van der Waals surface area contributed by atoms with Crippen molar-refractivity contribution in [3.8, 4) is 11.3 Å². The van der Waals surface area contributed by atoms with Gasteiger partial charge in [0, 0.05) is 43.5 Å². The number of halogens is 3. The summed E-state index contributed by atoms with van der Waals surface area (Å²) in [5.74, 6) is 1.72. The van der Waals surface area contributed by atoms with Crippen molar-refractivity contribution in [3.63, 3.8) is 0 Å². The van der Waals surface area contributed by atoms with Crippen LogP contribution in [-0.2, 0) is 6.18 Å². The first-order valence-electron chi connectivity index (χ1n) is 14.0. The Morgan fingerprint density at radius 2 is 1.65 bits per heavy atom. The number of nitrogens with zero attached hydrogens (tertiary/aromatic N) is 8. The number of rotatable bonds is 4. The van der Waals surface area contributed by atoms with Crippen LogP contribution < -0.4 is 9.80 Å². The van der Waals surface area contributed by atoms with Crippen LogP contribution in [0.15, 0.2) is 36.5 Å². The van der Waals surface area contributed by atoms with E-state index in [1.54, 1.807) is 30.5 Å². The molecule has 0 aliphatic carbocycles. The topological polar surface area (TPSA) is 65.7 Å². The van der Waals surface area contributed by atoms with E-state index in [4.69, 9.17) is 4.98 Å². The molecule has 0 saturated carbocycles. The summed E-state index contributed by atoms with van der Waals surface area (Å²) in [4.78, 5) is 15.6. The minimum absolute atomic E-state index is 0.229. The molecule has 0 N–H and O–H groups in total. The molecule has 8 nitrogen and oxygen atoms in total. The van der Waals surface area contributed by atoms with Crippen molar-refractivity contribution in [2.45, 2.75) is 45.3 Å². The van der Waals surface area contributed by atoms with Crippen LogP contribution in [0.4, 0.5) is 24.8 Å². The van der Waals surface area contributed by atoms with E-state index in [9.17, 15) is 13.2 Å². The fourth-order valence-electron chi connectivity index (χ4n) is 6.42. The van der Waals surface area contributed by atoms with Gasteiger partial charge in [-0.1, -0.05) is 19.9 Å². The maximum absolute atomic E-state index is 14.4. The lowest BCUT2D eigenvalue weighted by molar-refractivity contribution is -0.137. The third kappa shape index (κ3) is 4.95. The minimum Gasteiger partial charge on any atom is -0.371 e. The second-order valence-corrected chi connectivity index (χ2v) is 11.8. The number of hydrogen-bond acceptors (Lipinski definition) is 7. The molecule has 212 valence electrons. The SMILES string of the molecule is C[C@@H]1C[C@H](C)CN(c2nnc3cnc4ccc(-c5ccc(N6CCC(N(C)C)CC6)c(C(F)(F)F)c5)nc4n23)C1. The van der Waals surface area contributed by atoms with Crippen LogP contribution in [-0.4, -0.2) is 75.8 Å². The van der Waals surface area contributed by atoms with E-state index in [0.717, 1.165) is 32.4 Å². The molecule has 4 aromatic rings. The fraction of sp³-hybridized carbons (Fsp3) is 0.517. The molecule has 2 saturated heterocycles. The molecule has 0 spiro atoms. The first-order valence-corrected chi connectivity index (χ1v) is 14.0. The first-order chi connectivity index (χ1) is 19.1. The van der Waals surface area contributed by atoms with Gasteiger partial charge >= 0.3 is 6.18 Å². The van der Waals surface area contributed by atoms with Crippen molar-refractivity contribution in [3.05, 3.63) is 42.1 Å². The Morgan fingerprint density at radius 3 is 2.33 bits per heavy atom. The molecule has 40 heavy (non-hydrogen) atoms. The van der Waals surface area contributed by atoms with Gasteiger partial charge < -0.3 is 14.7 Å². The van der Waals surface area contributed by atoms with Gasteiger partial charge in [-0.3, -0.25) is 0 Å². The Bertz CT molecular complexity index is 1510. The zero-order valence-electron chi connectivity index (χ0n) is 23.4. The second kappa shape index (κ2) is 10.2. The molecule has 2 aliphatic heterocycles. The summed E-state index contributed by atoms with van der Waals surface area (Å²) in [7, 11) is 4.04. The van der Waals surface area contributed by atoms with Crippen molar-refractivity contribution in [2.75, 3.05) is 50.1 Å². The third-order valence-electron chi connectivity index (χ3n) is 8.34.